The quantitative estimate of drug-likeness (QED) is 0.900. The Morgan fingerprint density at radius 1 is 1.22 bits per heavy atom. The Hall–Kier alpha value is -1.36. The van der Waals surface area contributed by atoms with E-state index < -0.39 is 9.84 Å². The molecule has 2 fully saturated rings. The molecule has 0 aromatic heterocycles. The van der Waals surface area contributed by atoms with Gasteiger partial charge in [0.05, 0.1) is 5.75 Å². The van der Waals surface area contributed by atoms with Crippen LogP contribution in [-0.2, 0) is 15.6 Å². The third-order valence-electron chi connectivity index (χ3n) is 5.44. The standard InChI is InChI=1S/C18H25NO3S/c1-12(17-10-14-5-8-16(17)9-14)19-18(20)15-6-3-13(4-7-15)11-23(2,21)22/h3-4,6-7,12,14,16-17H,5,8-11H2,1-2H3,(H,19,20)/t12-,14-,16-,17-/m1/s1. The lowest BCUT2D eigenvalue weighted by Gasteiger charge is -2.28. The lowest BCUT2D eigenvalue weighted by Crippen LogP contribution is -2.40. The molecule has 5 heteroatoms. The summed E-state index contributed by atoms with van der Waals surface area (Å²) in [5.41, 5.74) is 1.31. The van der Waals surface area contributed by atoms with E-state index in [0.717, 1.165) is 11.8 Å². The summed E-state index contributed by atoms with van der Waals surface area (Å²) in [5.74, 6) is 2.22. The van der Waals surface area contributed by atoms with Crippen molar-refractivity contribution < 1.29 is 13.2 Å². The number of amides is 1. The zero-order valence-corrected chi connectivity index (χ0v) is 14.6. The van der Waals surface area contributed by atoms with Gasteiger partial charge in [0.25, 0.3) is 5.91 Å². The monoisotopic (exact) mass is 335 g/mol. The Bertz CT molecular complexity index is 681. The number of nitrogens with one attached hydrogen (secondary N) is 1. The molecule has 0 saturated heterocycles. The molecule has 0 aliphatic heterocycles. The highest BCUT2D eigenvalue weighted by atomic mass is 32.2. The molecular weight excluding hydrogens is 310 g/mol. The molecule has 0 unspecified atom stereocenters. The molecule has 1 amide bonds. The molecule has 4 atom stereocenters. The van der Waals surface area contributed by atoms with Crippen molar-refractivity contribution in [2.24, 2.45) is 17.8 Å². The van der Waals surface area contributed by atoms with Crippen LogP contribution < -0.4 is 5.32 Å². The molecule has 1 aromatic rings. The zero-order chi connectivity index (χ0) is 16.6. The van der Waals surface area contributed by atoms with E-state index in [9.17, 15) is 13.2 Å². The summed E-state index contributed by atoms with van der Waals surface area (Å²) < 4.78 is 22.6. The van der Waals surface area contributed by atoms with E-state index in [1.807, 2.05) is 0 Å². The summed E-state index contributed by atoms with van der Waals surface area (Å²) in [5, 5.41) is 3.13. The van der Waals surface area contributed by atoms with Gasteiger partial charge in [-0.1, -0.05) is 18.6 Å². The van der Waals surface area contributed by atoms with Gasteiger partial charge in [-0.3, -0.25) is 4.79 Å². The summed E-state index contributed by atoms with van der Waals surface area (Å²) in [4.78, 5) is 12.4. The van der Waals surface area contributed by atoms with Gasteiger partial charge < -0.3 is 5.32 Å². The van der Waals surface area contributed by atoms with Crippen molar-refractivity contribution in [2.75, 3.05) is 6.26 Å². The van der Waals surface area contributed by atoms with Crippen molar-refractivity contribution in [1.29, 1.82) is 0 Å². The van der Waals surface area contributed by atoms with Gasteiger partial charge in [0, 0.05) is 17.9 Å². The van der Waals surface area contributed by atoms with Crippen LogP contribution in [0.4, 0.5) is 0 Å². The molecule has 1 N–H and O–H groups in total. The maximum absolute atomic E-state index is 12.4. The highest BCUT2D eigenvalue weighted by Gasteiger charge is 2.42. The highest BCUT2D eigenvalue weighted by molar-refractivity contribution is 7.89. The number of sulfone groups is 1. The minimum Gasteiger partial charge on any atom is -0.349 e. The fourth-order valence-electron chi connectivity index (χ4n) is 4.36. The van der Waals surface area contributed by atoms with Crippen molar-refractivity contribution in [2.45, 2.75) is 44.4 Å². The lowest BCUT2D eigenvalue weighted by molar-refractivity contribution is 0.0915. The third kappa shape index (κ3) is 3.94. The average molecular weight is 335 g/mol. The van der Waals surface area contributed by atoms with Crippen LogP contribution >= 0.6 is 0 Å². The molecule has 0 spiro atoms. The Labute approximate surface area is 138 Å². The van der Waals surface area contributed by atoms with E-state index in [2.05, 4.69) is 12.2 Å². The first-order chi connectivity index (χ1) is 10.8. The number of carbonyl (C=O) groups excluding carboxylic acids is 1. The van der Waals surface area contributed by atoms with Crippen LogP contribution in [0.2, 0.25) is 0 Å². The van der Waals surface area contributed by atoms with Gasteiger partial charge in [-0.15, -0.1) is 0 Å². The van der Waals surface area contributed by atoms with Gasteiger partial charge in [0.1, 0.15) is 0 Å². The van der Waals surface area contributed by atoms with Crippen molar-refractivity contribution in [1.82, 2.24) is 5.32 Å². The first-order valence-electron chi connectivity index (χ1n) is 8.39. The van der Waals surface area contributed by atoms with E-state index in [0.29, 0.717) is 17.0 Å². The van der Waals surface area contributed by atoms with Gasteiger partial charge in [0.15, 0.2) is 9.84 Å². The molecule has 1 aromatic carbocycles. The first-order valence-corrected chi connectivity index (χ1v) is 10.5. The van der Waals surface area contributed by atoms with Gasteiger partial charge in [-0.25, -0.2) is 8.42 Å². The second kappa shape index (κ2) is 6.27. The lowest BCUT2D eigenvalue weighted by atomic mass is 9.84. The van der Waals surface area contributed by atoms with Crippen molar-refractivity contribution in [3.05, 3.63) is 35.4 Å². The van der Waals surface area contributed by atoms with Crippen LogP contribution in [0, 0.1) is 17.8 Å². The Morgan fingerprint density at radius 3 is 2.43 bits per heavy atom. The first kappa shape index (κ1) is 16.5. The van der Waals surface area contributed by atoms with Gasteiger partial charge in [0.2, 0.25) is 0 Å². The van der Waals surface area contributed by atoms with Crippen LogP contribution in [-0.4, -0.2) is 26.6 Å². The third-order valence-corrected chi connectivity index (χ3v) is 6.30. The maximum Gasteiger partial charge on any atom is 0.251 e. The van der Waals surface area contributed by atoms with Crippen molar-refractivity contribution in [3.8, 4) is 0 Å². The smallest absolute Gasteiger partial charge is 0.251 e. The second-order valence-corrected chi connectivity index (χ2v) is 9.51. The maximum atomic E-state index is 12.4. The number of hydrogen-bond donors (Lipinski definition) is 1. The minimum atomic E-state index is -3.05. The van der Waals surface area contributed by atoms with E-state index in [1.165, 1.54) is 31.9 Å². The topological polar surface area (TPSA) is 63.2 Å². The summed E-state index contributed by atoms with van der Waals surface area (Å²) in [6.07, 6.45) is 6.48. The number of hydrogen-bond acceptors (Lipinski definition) is 3. The fraction of sp³-hybridized carbons (Fsp3) is 0.611. The molecular formula is C18H25NO3S. The second-order valence-electron chi connectivity index (χ2n) is 7.37. The summed E-state index contributed by atoms with van der Waals surface area (Å²) in [7, 11) is -3.05. The van der Waals surface area contributed by atoms with Crippen molar-refractivity contribution in [3.63, 3.8) is 0 Å². The Morgan fingerprint density at radius 2 is 1.91 bits per heavy atom. The van der Waals surface area contributed by atoms with Crippen LogP contribution in [0.1, 0.15) is 48.5 Å². The van der Waals surface area contributed by atoms with Gasteiger partial charge in [-0.2, -0.15) is 0 Å². The Balaban J connectivity index is 1.59. The van der Waals surface area contributed by atoms with Gasteiger partial charge in [-0.05, 0) is 61.6 Å². The molecule has 0 radical (unpaired) electrons. The van der Waals surface area contributed by atoms with E-state index in [4.69, 9.17) is 0 Å². The predicted molar refractivity (Wildman–Crippen MR) is 90.9 cm³/mol. The average Bonchev–Trinajstić information content (AvgIpc) is 3.08. The molecule has 3 rings (SSSR count). The fourth-order valence-corrected chi connectivity index (χ4v) is 5.16. The van der Waals surface area contributed by atoms with Crippen LogP contribution in [0.25, 0.3) is 0 Å². The highest BCUT2D eigenvalue weighted by Crippen LogP contribution is 2.49. The molecule has 2 aliphatic carbocycles. The molecule has 2 aliphatic rings. The van der Waals surface area contributed by atoms with Gasteiger partial charge >= 0.3 is 0 Å². The zero-order valence-electron chi connectivity index (χ0n) is 13.8. The Kier molecular flexibility index (Phi) is 4.50. The molecule has 4 nitrogen and oxygen atoms in total. The number of carbonyl (C=O) groups is 1. The van der Waals surface area contributed by atoms with E-state index in [-0.39, 0.29) is 17.7 Å². The molecule has 23 heavy (non-hydrogen) atoms. The molecule has 126 valence electrons. The van der Waals surface area contributed by atoms with Crippen LogP contribution in [0.15, 0.2) is 24.3 Å². The van der Waals surface area contributed by atoms with Crippen LogP contribution in [0.3, 0.4) is 0 Å². The van der Waals surface area contributed by atoms with Crippen molar-refractivity contribution >= 4 is 15.7 Å². The molecule has 0 heterocycles. The summed E-state index contributed by atoms with van der Waals surface area (Å²) in [6, 6.07) is 7.07. The number of benzene rings is 1. The minimum absolute atomic E-state index is 0.0104. The molecule has 2 saturated carbocycles. The SMILES string of the molecule is C[C@@H](NC(=O)c1ccc(CS(C)(=O)=O)cc1)[C@H]1C[C@@H]2CC[C@@H]1C2. The van der Waals surface area contributed by atoms with E-state index >= 15 is 0 Å². The summed E-state index contributed by atoms with van der Waals surface area (Å²) >= 11 is 0. The number of fused-ring (bicyclic) bond motifs is 2. The number of rotatable bonds is 5. The van der Waals surface area contributed by atoms with E-state index in [1.54, 1.807) is 24.3 Å². The summed E-state index contributed by atoms with van der Waals surface area (Å²) in [6.45, 7) is 2.11. The largest absolute Gasteiger partial charge is 0.349 e. The predicted octanol–water partition coefficient (Wildman–Crippen LogP) is 2.79. The van der Waals surface area contributed by atoms with Crippen LogP contribution in [0.5, 0.6) is 0 Å². The molecule has 2 bridgehead atoms. The normalized spacial score (nSPS) is 27.8.